The highest BCUT2D eigenvalue weighted by Gasteiger charge is 2.15. The first kappa shape index (κ1) is 10.9. The summed E-state index contributed by atoms with van der Waals surface area (Å²) >= 11 is 0. The van der Waals surface area contributed by atoms with Gasteiger partial charge in [0.05, 0.1) is 10.6 Å². The maximum Gasteiger partial charge on any atom is 0.294 e. The second-order valence-electron chi connectivity index (χ2n) is 2.97. The minimum absolute atomic E-state index is 0.0834. The zero-order chi connectivity index (χ0) is 15.2. The highest BCUT2D eigenvalue weighted by Crippen LogP contribution is 2.35. The van der Waals surface area contributed by atoms with Crippen molar-refractivity contribution in [3.05, 3.63) is 12.1 Å². The van der Waals surface area contributed by atoms with Crippen LogP contribution >= 0.6 is 0 Å². The van der Waals surface area contributed by atoms with E-state index in [0.29, 0.717) is 0 Å². The molecule has 0 aliphatic rings. The van der Waals surface area contributed by atoms with Crippen molar-refractivity contribution < 1.29 is 15.8 Å². The van der Waals surface area contributed by atoms with Gasteiger partial charge in [-0.2, -0.15) is 28.9 Å². The Morgan fingerprint density at radius 1 is 1.39 bits per heavy atom. The van der Waals surface area contributed by atoms with Crippen molar-refractivity contribution in [2.24, 2.45) is 20.5 Å². The zero-order valence-electron chi connectivity index (χ0n) is 10.8. The average molecular weight is 273 g/mol. The Balaban J connectivity index is 3.35. The molecule has 0 atom stereocenters. The van der Waals surface area contributed by atoms with E-state index < -0.39 is 15.0 Å². The molecule has 0 spiro atoms. The first-order valence-electron chi connectivity index (χ1n) is 5.24. The summed E-state index contributed by atoms with van der Waals surface area (Å²) in [6, 6.07) is 1.90. The molecule has 0 saturated carbocycles. The summed E-state index contributed by atoms with van der Waals surface area (Å²) in [4.78, 5) is -0.523. The summed E-state index contributed by atoms with van der Waals surface area (Å²) in [6.45, 7) is -0.256. The van der Waals surface area contributed by atoms with Gasteiger partial charge in [-0.15, -0.1) is 0 Å². The van der Waals surface area contributed by atoms with Gasteiger partial charge >= 0.3 is 0 Å². The van der Waals surface area contributed by atoms with Crippen LogP contribution in [0.15, 0.2) is 37.5 Å². The van der Waals surface area contributed by atoms with Crippen LogP contribution in [0, 0.1) is 11.0 Å². The lowest BCUT2D eigenvalue weighted by molar-refractivity contribution is 0.483. The van der Waals surface area contributed by atoms with Crippen LogP contribution in [-0.4, -0.2) is 19.6 Å². The van der Waals surface area contributed by atoms with Gasteiger partial charge in [0.25, 0.3) is 10.1 Å². The smallest absolute Gasteiger partial charge is 0.294 e. The van der Waals surface area contributed by atoms with Crippen LogP contribution in [0.25, 0.3) is 0 Å². The maximum atomic E-state index is 11.1. The van der Waals surface area contributed by atoms with E-state index in [0.717, 1.165) is 12.1 Å². The van der Waals surface area contributed by atoms with E-state index in [1.54, 1.807) is 0 Å². The number of nitrogens with two attached hydrogens (primary N) is 1. The van der Waals surface area contributed by atoms with Crippen molar-refractivity contribution in [2.45, 2.75) is 4.90 Å². The second kappa shape index (κ2) is 5.37. The van der Waals surface area contributed by atoms with E-state index in [2.05, 4.69) is 31.5 Å². The normalized spacial score (nSPS) is 14.5. The second-order valence-corrected chi connectivity index (χ2v) is 4.40. The number of nitrogens with one attached hydrogen (secondary N) is 2. The van der Waals surface area contributed by atoms with Crippen LogP contribution < -0.4 is 5.73 Å². The quantitative estimate of drug-likeness (QED) is 0.365. The first-order valence-corrected chi connectivity index (χ1v) is 5.78. The monoisotopic (exact) mass is 273 g/mol. The summed E-state index contributed by atoms with van der Waals surface area (Å²) in [6.07, 6.45) is 0. The molecule has 0 aliphatic carbocycles. The summed E-state index contributed by atoms with van der Waals surface area (Å²) < 4.78 is 44.2. The average Bonchev–Trinajstić information content (AvgIpc) is 2.37. The van der Waals surface area contributed by atoms with Gasteiger partial charge in [0.2, 0.25) is 2.82 Å². The van der Waals surface area contributed by atoms with Gasteiger partial charge in [-0.3, -0.25) is 4.55 Å². The minimum atomic E-state index is -4.51. The Labute approximate surface area is 105 Å². The molecule has 1 aromatic carbocycles. The first-order chi connectivity index (χ1) is 9.40. The van der Waals surface area contributed by atoms with Gasteiger partial charge in [-0.1, -0.05) is 0 Å². The number of rotatable bonds is 5. The number of hydrogen-bond donors (Lipinski definition) is 4. The number of benzene rings is 1. The molecule has 0 fully saturated rings. The molecule has 1 rings (SSSR count). The highest BCUT2D eigenvalue weighted by atomic mass is 32.2. The zero-order valence-corrected chi connectivity index (χ0v) is 9.61. The summed E-state index contributed by atoms with van der Waals surface area (Å²) in [7, 11) is -4.51. The Bertz CT molecular complexity index is 673. The van der Waals surface area contributed by atoms with Crippen LogP contribution in [0.3, 0.4) is 0 Å². The number of hydrogen-bond acceptors (Lipinski definition) is 9. The third-order valence-corrected chi connectivity index (χ3v) is 2.65. The fourth-order valence-corrected chi connectivity index (χ4v) is 1.57. The number of azo groups is 1. The fraction of sp³-hybridized carbons (Fsp3) is 0.143. The van der Waals surface area contributed by atoms with E-state index in [-0.39, 0.29) is 23.7 Å². The van der Waals surface area contributed by atoms with Crippen molar-refractivity contribution in [3.8, 4) is 0 Å². The third-order valence-electron chi connectivity index (χ3n) is 1.82. The molecule has 0 amide bonds. The molecule has 0 radical (unpaired) electrons. The highest BCUT2D eigenvalue weighted by molar-refractivity contribution is 7.85. The molecule has 0 aliphatic heterocycles. The fourth-order valence-electron chi connectivity index (χ4n) is 1.05. The van der Waals surface area contributed by atoms with Gasteiger partial charge in [0, 0.05) is 0 Å². The Morgan fingerprint density at radius 3 is 2.72 bits per heavy atom. The molecule has 1 aromatic rings. The molecule has 0 saturated heterocycles. The molecule has 0 bridgehead atoms. The molecule has 0 heterocycles. The molecule has 10 nitrogen and oxygen atoms in total. The van der Waals surface area contributed by atoms with E-state index in [1.165, 1.54) is 0 Å². The topological polar surface area (TPSA) is 178 Å². The molecule has 5 N–H and O–H groups in total. The van der Waals surface area contributed by atoms with Crippen LogP contribution in [0.2, 0.25) is 2.82 Å². The molecule has 11 heteroatoms. The van der Waals surface area contributed by atoms with Gasteiger partial charge in [0.15, 0.2) is 6.67 Å². The number of nitrogen functional groups attached to an aromatic ring is 1. The van der Waals surface area contributed by atoms with E-state index in [1.807, 2.05) is 0 Å². The molecule has 96 valence electrons. The lowest BCUT2D eigenvalue weighted by Gasteiger charge is -2.05. The van der Waals surface area contributed by atoms with Crippen LogP contribution in [0.1, 0.15) is 0 Å². The van der Waals surface area contributed by atoms with Crippen molar-refractivity contribution in [2.75, 3.05) is 12.4 Å². The minimum Gasteiger partial charge on any atom is -0.395 e. The largest absolute Gasteiger partial charge is 0.395 e. The molecule has 18 heavy (non-hydrogen) atoms. The Hall–Kier alpha value is -2.27. The maximum absolute atomic E-state index is 11.1. The van der Waals surface area contributed by atoms with E-state index in [9.17, 15) is 8.42 Å². The SMILES string of the molecule is [2H]N=NCN=Nc1cc(S(=O)(=O)O)cc(N=N[2H])c1N. The summed E-state index contributed by atoms with van der Waals surface area (Å²) in [5.41, 5.74) is 10.7. The van der Waals surface area contributed by atoms with Gasteiger partial charge < -0.3 is 5.73 Å². The van der Waals surface area contributed by atoms with Crippen molar-refractivity contribution >= 4 is 27.2 Å². The van der Waals surface area contributed by atoms with Gasteiger partial charge in [0.1, 0.15) is 11.4 Å². The molecule has 0 unspecified atom stereocenters. The lowest BCUT2D eigenvalue weighted by Crippen LogP contribution is -1.99. The Kier molecular flexibility index (Phi) is 3.24. The van der Waals surface area contributed by atoms with Crippen LogP contribution in [0.5, 0.6) is 0 Å². The van der Waals surface area contributed by atoms with Crippen molar-refractivity contribution in [1.29, 1.82) is 11.0 Å². The van der Waals surface area contributed by atoms with Crippen LogP contribution in [0.4, 0.5) is 17.1 Å². The summed E-state index contributed by atoms with van der Waals surface area (Å²) in [5, 5.41) is 13.6. The number of nitrogens with zero attached hydrogens (tertiary/aromatic N) is 4. The van der Waals surface area contributed by atoms with Gasteiger partial charge in [-0.05, 0) is 12.1 Å². The molecule has 0 aromatic heterocycles. The standard InChI is InChI=1S/C7H9N7O3S/c8-7-5(13-10)1-4(18(15,16)17)2-6(7)14-12-3-11-9/h1-2,9-10H,3,8H2,(H,15,16,17)/i/hD2. The summed E-state index contributed by atoms with van der Waals surface area (Å²) in [5.74, 6) is 0. The lowest BCUT2D eigenvalue weighted by atomic mass is 10.2. The third kappa shape index (κ3) is 3.11. The van der Waals surface area contributed by atoms with Crippen molar-refractivity contribution in [3.63, 3.8) is 0 Å². The predicted octanol–water partition coefficient (Wildman–Crippen LogP) is 2.25. The van der Waals surface area contributed by atoms with Crippen molar-refractivity contribution in [1.82, 2.24) is 0 Å². The number of anilines is 1. The van der Waals surface area contributed by atoms with E-state index >= 15 is 0 Å². The predicted molar refractivity (Wildman–Crippen MR) is 60.0 cm³/mol. The molecular formula is C7H9N7O3S. The van der Waals surface area contributed by atoms with E-state index in [4.69, 9.17) is 13.1 Å². The molecular weight excluding hydrogens is 262 g/mol. The van der Waals surface area contributed by atoms with Gasteiger partial charge in [-0.25, -0.2) is 11.0 Å². The van der Waals surface area contributed by atoms with Crippen LogP contribution in [-0.2, 0) is 10.1 Å². The Morgan fingerprint density at radius 2 is 2.11 bits per heavy atom.